The van der Waals surface area contributed by atoms with Crippen molar-refractivity contribution in [2.24, 2.45) is 0 Å². The van der Waals surface area contributed by atoms with Gasteiger partial charge in [-0.1, -0.05) is 95.5 Å². The van der Waals surface area contributed by atoms with E-state index in [1.807, 2.05) is 30.3 Å². The van der Waals surface area contributed by atoms with Crippen LogP contribution in [-0.4, -0.2) is 29.4 Å². The van der Waals surface area contributed by atoms with Crippen molar-refractivity contribution in [3.63, 3.8) is 0 Å². The Hall–Kier alpha value is -3.58. The predicted molar refractivity (Wildman–Crippen MR) is 156 cm³/mol. The molecule has 0 aliphatic carbocycles. The molecule has 0 saturated carbocycles. The van der Waals surface area contributed by atoms with Crippen LogP contribution in [0.4, 0.5) is 4.39 Å². The second-order valence-electron chi connectivity index (χ2n) is 9.03. The van der Waals surface area contributed by atoms with Crippen LogP contribution in [0.1, 0.15) is 16.7 Å². The highest BCUT2D eigenvalue weighted by molar-refractivity contribution is 6.35. The molecule has 2 amide bonds. The van der Waals surface area contributed by atoms with E-state index in [9.17, 15) is 14.0 Å². The molecule has 206 valence electrons. The highest BCUT2D eigenvalue weighted by Gasteiger charge is 2.31. The molecule has 0 spiro atoms. The predicted octanol–water partition coefficient (Wildman–Crippen LogP) is 7.12. The van der Waals surface area contributed by atoms with Crippen LogP contribution in [0.25, 0.3) is 0 Å². The molecule has 4 aromatic carbocycles. The fraction of sp³-hybridized carbons (Fsp3) is 0.161. The first-order valence-corrected chi connectivity index (χ1v) is 13.6. The SMILES string of the molecule is O=C(NCc1ccc(Cl)cc1Cl)[C@@H](Cc1ccccc1)N(Cc1ccc(F)cc1)C(=O)COc1ccccc1Cl. The minimum atomic E-state index is -0.916. The van der Waals surface area contributed by atoms with Gasteiger partial charge in [-0.25, -0.2) is 4.39 Å². The third kappa shape index (κ3) is 8.21. The minimum absolute atomic E-state index is 0.0532. The molecule has 0 heterocycles. The number of benzene rings is 4. The van der Waals surface area contributed by atoms with Crippen molar-refractivity contribution in [3.8, 4) is 5.75 Å². The number of nitrogens with one attached hydrogen (secondary N) is 1. The summed E-state index contributed by atoms with van der Waals surface area (Å²) in [5.74, 6) is -0.879. The molecule has 0 saturated heterocycles. The highest BCUT2D eigenvalue weighted by atomic mass is 35.5. The van der Waals surface area contributed by atoms with Crippen LogP contribution >= 0.6 is 34.8 Å². The minimum Gasteiger partial charge on any atom is -0.482 e. The summed E-state index contributed by atoms with van der Waals surface area (Å²) in [5.41, 5.74) is 2.19. The number of halogens is 4. The summed E-state index contributed by atoms with van der Waals surface area (Å²) in [7, 11) is 0. The van der Waals surface area contributed by atoms with Gasteiger partial charge in [0.2, 0.25) is 5.91 Å². The topological polar surface area (TPSA) is 58.6 Å². The average Bonchev–Trinajstić information content (AvgIpc) is 2.95. The zero-order valence-electron chi connectivity index (χ0n) is 21.3. The van der Waals surface area contributed by atoms with Gasteiger partial charge in [-0.15, -0.1) is 0 Å². The van der Waals surface area contributed by atoms with Gasteiger partial charge in [0.15, 0.2) is 6.61 Å². The van der Waals surface area contributed by atoms with Gasteiger partial charge in [-0.05, 0) is 53.1 Å². The van der Waals surface area contributed by atoms with Gasteiger partial charge in [0.25, 0.3) is 5.91 Å². The van der Waals surface area contributed by atoms with Crippen LogP contribution in [-0.2, 0) is 29.1 Å². The summed E-state index contributed by atoms with van der Waals surface area (Å²) >= 11 is 18.5. The number of rotatable bonds is 11. The molecule has 0 bridgehead atoms. The van der Waals surface area contributed by atoms with Gasteiger partial charge in [-0.3, -0.25) is 9.59 Å². The lowest BCUT2D eigenvalue weighted by Crippen LogP contribution is -2.51. The van der Waals surface area contributed by atoms with E-state index in [0.717, 1.165) is 5.56 Å². The lowest BCUT2D eigenvalue weighted by molar-refractivity contribution is -0.142. The van der Waals surface area contributed by atoms with E-state index >= 15 is 0 Å². The first kappa shape index (κ1) is 29.4. The van der Waals surface area contributed by atoms with Crippen molar-refractivity contribution in [1.82, 2.24) is 10.2 Å². The fourth-order valence-electron chi connectivity index (χ4n) is 4.09. The Morgan fingerprint density at radius 2 is 1.52 bits per heavy atom. The standard InChI is InChI=1S/C31H26Cl3FN2O3/c32-24-13-12-23(27(34)17-24)18-36-31(39)28(16-21-6-2-1-3-7-21)37(19-22-10-14-25(35)15-11-22)30(38)20-40-29-9-5-4-8-26(29)33/h1-15,17,28H,16,18-20H2,(H,36,39)/t28-/m1/s1. The number of nitrogens with zero attached hydrogens (tertiary/aromatic N) is 1. The van der Waals surface area contributed by atoms with E-state index in [4.69, 9.17) is 39.5 Å². The zero-order valence-corrected chi connectivity index (χ0v) is 23.6. The molecule has 9 heteroatoms. The average molecular weight is 600 g/mol. The molecule has 0 radical (unpaired) electrons. The number of carbonyl (C=O) groups excluding carboxylic acids is 2. The van der Waals surface area contributed by atoms with E-state index in [2.05, 4.69) is 5.32 Å². The first-order valence-electron chi connectivity index (χ1n) is 12.5. The van der Waals surface area contributed by atoms with Crippen LogP contribution < -0.4 is 10.1 Å². The highest BCUT2D eigenvalue weighted by Crippen LogP contribution is 2.24. The van der Waals surface area contributed by atoms with E-state index in [-0.39, 0.29) is 32.0 Å². The molecule has 4 rings (SSSR count). The number of amides is 2. The molecule has 0 aromatic heterocycles. The summed E-state index contributed by atoms with van der Waals surface area (Å²) in [5, 5.41) is 4.17. The smallest absolute Gasteiger partial charge is 0.261 e. The second kappa shape index (κ2) is 14.2. The summed E-state index contributed by atoms with van der Waals surface area (Å²) in [6, 6.07) is 26.1. The van der Waals surface area contributed by atoms with Gasteiger partial charge in [-0.2, -0.15) is 0 Å². The quantitative estimate of drug-likeness (QED) is 0.200. The fourth-order valence-corrected chi connectivity index (χ4v) is 4.76. The van der Waals surface area contributed by atoms with Crippen molar-refractivity contribution in [3.05, 3.63) is 135 Å². The lowest BCUT2D eigenvalue weighted by Gasteiger charge is -2.31. The Bertz CT molecular complexity index is 1450. The molecule has 4 aromatic rings. The van der Waals surface area contributed by atoms with Crippen molar-refractivity contribution >= 4 is 46.6 Å². The van der Waals surface area contributed by atoms with Crippen LogP contribution in [0.15, 0.2) is 97.1 Å². The van der Waals surface area contributed by atoms with Crippen molar-refractivity contribution in [2.75, 3.05) is 6.61 Å². The van der Waals surface area contributed by atoms with E-state index in [0.29, 0.717) is 31.9 Å². The maximum atomic E-state index is 13.7. The number of hydrogen-bond donors (Lipinski definition) is 1. The molecule has 1 N–H and O–H groups in total. The van der Waals surface area contributed by atoms with Crippen LogP contribution in [0, 0.1) is 5.82 Å². The van der Waals surface area contributed by atoms with Crippen LogP contribution in [0.2, 0.25) is 15.1 Å². The molecular weight excluding hydrogens is 574 g/mol. The number of hydrogen-bond acceptors (Lipinski definition) is 3. The van der Waals surface area contributed by atoms with Crippen LogP contribution in [0.3, 0.4) is 0 Å². The van der Waals surface area contributed by atoms with Gasteiger partial charge in [0.1, 0.15) is 17.6 Å². The molecule has 40 heavy (non-hydrogen) atoms. The lowest BCUT2D eigenvalue weighted by atomic mass is 10.0. The maximum Gasteiger partial charge on any atom is 0.261 e. The van der Waals surface area contributed by atoms with Gasteiger partial charge in [0.05, 0.1) is 5.02 Å². The van der Waals surface area contributed by atoms with Crippen molar-refractivity contribution < 1.29 is 18.7 Å². The Labute approximate surface area is 247 Å². The summed E-state index contributed by atoms with van der Waals surface area (Å²) in [6.45, 7) is -0.168. The van der Waals surface area contributed by atoms with Gasteiger partial charge in [0, 0.05) is 29.6 Å². The maximum absolute atomic E-state index is 13.7. The summed E-state index contributed by atoms with van der Waals surface area (Å²) in [6.07, 6.45) is 0.236. The molecule has 0 aliphatic heterocycles. The number of carbonyl (C=O) groups is 2. The molecular formula is C31H26Cl3FN2O3. The Balaban J connectivity index is 1.62. The van der Waals surface area contributed by atoms with Gasteiger partial charge >= 0.3 is 0 Å². The summed E-state index contributed by atoms with van der Waals surface area (Å²) in [4.78, 5) is 28.8. The van der Waals surface area contributed by atoms with E-state index in [1.165, 1.54) is 17.0 Å². The largest absolute Gasteiger partial charge is 0.482 e. The molecule has 0 unspecified atom stereocenters. The number of ether oxygens (including phenoxy) is 1. The Morgan fingerprint density at radius 3 is 2.23 bits per heavy atom. The third-order valence-electron chi connectivity index (χ3n) is 6.19. The third-order valence-corrected chi connectivity index (χ3v) is 7.09. The summed E-state index contributed by atoms with van der Waals surface area (Å²) < 4.78 is 19.4. The Kier molecular flexibility index (Phi) is 10.4. The van der Waals surface area contributed by atoms with Crippen molar-refractivity contribution in [1.29, 1.82) is 0 Å². The molecule has 5 nitrogen and oxygen atoms in total. The monoisotopic (exact) mass is 598 g/mol. The number of para-hydroxylation sites is 1. The van der Waals surface area contributed by atoms with E-state index in [1.54, 1.807) is 54.6 Å². The van der Waals surface area contributed by atoms with E-state index < -0.39 is 17.8 Å². The van der Waals surface area contributed by atoms with Crippen LogP contribution in [0.5, 0.6) is 5.75 Å². The van der Waals surface area contributed by atoms with Gasteiger partial charge < -0.3 is 15.0 Å². The Morgan fingerprint density at radius 1 is 0.825 bits per heavy atom. The molecule has 0 fully saturated rings. The molecule has 1 atom stereocenters. The first-order chi connectivity index (χ1) is 19.3. The van der Waals surface area contributed by atoms with Crippen molar-refractivity contribution in [2.45, 2.75) is 25.6 Å². The molecule has 0 aliphatic rings. The second-order valence-corrected chi connectivity index (χ2v) is 10.3. The zero-order chi connectivity index (χ0) is 28.5. The normalized spacial score (nSPS) is 11.5.